The summed E-state index contributed by atoms with van der Waals surface area (Å²) in [7, 11) is -2.03. The van der Waals surface area contributed by atoms with Crippen LogP contribution in [0.25, 0.3) is 10.2 Å². The van der Waals surface area contributed by atoms with E-state index < -0.39 is 10.0 Å². The summed E-state index contributed by atoms with van der Waals surface area (Å²) in [5.74, 6) is -0.719. The molecule has 2 aromatic heterocycles. The normalized spacial score (nSPS) is 14.0. The molecule has 1 amide bonds. The molecular formula is C24H21FN4O3S2. The Morgan fingerprint density at radius 2 is 1.91 bits per heavy atom. The number of aromatic nitrogens is 2. The van der Waals surface area contributed by atoms with Crippen molar-refractivity contribution in [1.82, 2.24) is 14.3 Å². The van der Waals surface area contributed by atoms with Gasteiger partial charge in [0.05, 0.1) is 21.7 Å². The van der Waals surface area contributed by atoms with Gasteiger partial charge in [-0.1, -0.05) is 17.4 Å². The molecule has 2 aromatic carbocycles. The summed E-state index contributed by atoms with van der Waals surface area (Å²) in [6.07, 6.45) is 5.04. The van der Waals surface area contributed by atoms with Crippen LogP contribution >= 0.6 is 11.3 Å². The van der Waals surface area contributed by atoms with Crippen LogP contribution in [0.1, 0.15) is 28.8 Å². The van der Waals surface area contributed by atoms with Crippen LogP contribution in [0, 0.1) is 5.82 Å². The van der Waals surface area contributed by atoms with Gasteiger partial charge in [-0.3, -0.25) is 14.7 Å². The second kappa shape index (κ2) is 8.86. The van der Waals surface area contributed by atoms with Gasteiger partial charge in [0.2, 0.25) is 10.0 Å². The third kappa shape index (κ3) is 4.44. The number of hydrogen-bond acceptors (Lipinski definition) is 6. The van der Waals surface area contributed by atoms with Gasteiger partial charge in [-0.25, -0.2) is 17.8 Å². The van der Waals surface area contributed by atoms with Crippen molar-refractivity contribution in [3.63, 3.8) is 0 Å². The number of thiazole rings is 1. The zero-order valence-corrected chi connectivity index (χ0v) is 19.9. The van der Waals surface area contributed by atoms with E-state index in [1.165, 1.54) is 56.9 Å². The Kier molecular flexibility index (Phi) is 5.88. The maximum Gasteiger partial charge on any atom is 0.260 e. The van der Waals surface area contributed by atoms with Crippen molar-refractivity contribution in [2.24, 2.45) is 0 Å². The molecule has 10 heteroatoms. The predicted molar refractivity (Wildman–Crippen MR) is 129 cm³/mol. The van der Waals surface area contributed by atoms with Gasteiger partial charge in [-0.05, 0) is 66.9 Å². The van der Waals surface area contributed by atoms with Crippen LogP contribution in [0.2, 0.25) is 0 Å². The van der Waals surface area contributed by atoms with E-state index in [0.717, 1.165) is 18.4 Å². The maximum atomic E-state index is 13.7. The molecule has 7 nitrogen and oxygen atoms in total. The number of halogens is 1. The van der Waals surface area contributed by atoms with Gasteiger partial charge in [-0.2, -0.15) is 4.31 Å². The summed E-state index contributed by atoms with van der Waals surface area (Å²) < 4.78 is 41.3. The van der Waals surface area contributed by atoms with Crippen LogP contribution in [-0.2, 0) is 16.6 Å². The number of carbonyl (C=O) groups excluding carboxylic acids is 1. The quantitative estimate of drug-likeness (QED) is 0.377. The summed E-state index contributed by atoms with van der Waals surface area (Å²) >= 11 is 1.21. The highest BCUT2D eigenvalue weighted by atomic mass is 32.2. The first-order valence-corrected chi connectivity index (χ1v) is 12.9. The van der Waals surface area contributed by atoms with E-state index in [9.17, 15) is 17.6 Å². The van der Waals surface area contributed by atoms with Crippen molar-refractivity contribution in [3.05, 3.63) is 83.9 Å². The summed E-state index contributed by atoms with van der Waals surface area (Å²) in [6, 6.07) is 13.9. The first-order chi connectivity index (χ1) is 16.3. The third-order valence-corrected chi connectivity index (χ3v) is 8.68. The number of nitrogens with zero attached hydrogens (tertiary/aromatic N) is 4. The van der Waals surface area contributed by atoms with Crippen LogP contribution in [0.4, 0.5) is 9.52 Å². The van der Waals surface area contributed by atoms with Crippen LogP contribution in [0.5, 0.6) is 0 Å². The van der Waals surface area contributed by atoms with E-state index in [0.29, 0.717) is 20.9 Å². The molecular weight excluding hydrogens is 475 g/mol. The molecule has 0 N–H and O–H groups in total. The first-order valence-electron chi connectivity index (χ1n) is 10.7. The van der Waals surface area contributed by atoms with Gasteiger partial charge < -0.3 is 0 Å². The van der Waals surface area contributed by atoms with Crippen LogP contribution in [0.15, 0.2) is 71.9 Å². The van der Waals surface area contributed by atoms with Crippen molar-refractivity contribution < 1.29 is 17.6 Å². The molecule has 1 aliphatic carbocycles. The minimum atomic E-state index is -3.61. The summed E-state index contributed by atoms with van der Waals surface area (Å²) in [6.45, 7) is 0.208. The molecule has 0 atom stereocenters. The minimum Gasteiger partial charge on any atom is -0.279 e. The summed E-state index contributed by atoms with van der Waals surface area (Å²) in [4.78, 5) is 23.8. The van der Waals surface area contributed by atoms with Gasteiger partial charge in [-0.15, -0.1) is 0 Å². The van der Waals surface area contributed by atoms with Crippen molar-refractivity contribution in [2.75, 3.05) is 11.9 Å². The number of amides is 1. The zero-order chi connectivity index (χ0) is 23.9. The van der Waals surface area contributed by atoms with Gasteiger partial charge in [0, 0.05) is 31.0 Å². The molecule has 0 spiro atoms. The Labute approximate surface area is 200 Å². The van der Waals surface area contributed by atoms with E-state index in [4.69, 9.17) is 0 Å². The molecule has 0 aliphatic heterocycles. The Morgan fingerprint density at radius 3 is 2.59 bits per heavy atom. The Morgan fingerprint density at radius 1 is 1.15 bits per heavy atom. The average Bonchev–Trinajstić information content (AvgIpc) is 3.61. The minimum absolute atomic E-state index is 0.0464. The lowest BCUT2D eigenvalue weighted by Crippen LogP contribution is -2.31. The molecule has 0 unspecified atom stereocenters. The fourth-order valence-electron chi connectivity index (χ4n) is 3.63. The monoisotopic (exact) mass is 496 g/mol. The molecule has 5 rings (SSSR count). The molecule has 0 radical (unpaired) electrons. The van der Waals surface area contributed by atoms with Crippen molar-refractivity contribution in [1.29, 1.82) is 0 Å². The molecule has 1 fully saturated rings. The SMILES string of the molecule is CN(C1CC1)S(=O)(=O)c1ccc(C(=O)N(Cc2cccnc2)c2nc3ccc(F)cc3s2)cc1. The molecule has 1 saturated carbocycles. The molecule has 0 bridgehead atoms. The second-order valence-electron chi connectivity index (χ2n) is 8.14. The number of pyridine rings is 1. The molecule has 174 valence electrons. The standard InChI is InChI=1S/C24H21FN4O3S2/c1-28(19-7-8-19)34(31,32)20-9-4-17(5-10-20)23(30)29(15-16-3-2-12-26-14-16)24-27-21-11-6-18(25)13-22(21)33-24/h2-6,9-14,19H,7-8,15H2,1H3. The highest BCUT2D eigenvalue weighted by Gasteiger charge is 2.35. The first kappa shape index (κ1) is 22.6. The number of fused-ring (bicyclic) bond motifs is 1. The largest absolute Gasteiger partial charge is 0.279 e. The van der Waals surface area contributed by atoms with E-state index in [1.807, 2.05) is 6.07 Å². The van der Waals surface area contributed by atoms with Crippen LogP contribution < -0.4 is 4.90 Å². The van der Waals surface area contributed by atoms with Gasteiger partial charge in [0.25, 0.3) is 5.91 Å². The molecule has 2 heterocycles. The highest BCUT2D eigenvalue weighted by molar-refractivity contribution is 7.89. The number of anilines is 1. The van der Waals surface area contributed by atoms with Gasteiger partial charge in [0.1, 0.15) is 5.82 Å². The molecule has 34 heavy (non-hydrogen) atoms. The fraction of sp³-hybridized carbons (Fsp3) is 0.208. The fourth-order valence-corrected chi connectivity index (χ4v) is 6.03. The summed E-state index contributed by atoms with van der Waals surface area (Å²) in [5.41, 5.74) is 1.71. The smallest absolute Gasteiger partial charge is 0.260 e. The van der Waals surface area contributed by atoms with Gasteiger partial charge in [0.15, 0.2) is 5.13 Å². The van der Waals surface area contributed by atoms with Crippen molar-refractivity contribution in [3.8, 4) is 0 Å². The number of sulfonamides is 1. The van der Waals surface area contributed by atoms with E-state index >= 15 is 0 Å². The van der Waals surface area contributed by atoms with Crippen LogP contribution in [0.3, 0.4) is 0 Å². The lowest BCUT2D eigenvalue weighted by atomic mass is 10.2. The zero-order valence-electron chi connectivity index (χ0n) is 18.3. The Balaban J connectivity index is 1.48. The van der Waals surface area contributed by atoms with Gasteiger partial charge >= 0.3 is 0 Å². The van der Waals surface area contributed by atoms with Crippen molar-refractivity contribution >= 4 is 42.6 Å². The van der Waals surface area contributed by atoms with Crippen molar-refractivity contribution in [2.45, 2.75) is 30.3 Å². The lowest BCUT2D eigenvalue weighted by molar-refractivity contribution is 0.0985. The van der Waals surface area contributed by atoms with Crippen LogP contribution in [-0.4, -0.2) is 41.7 Å². The Hall–Kier alpha value is -3.21. The Bertz CT molecular complexity index is 1450. The number of hydrogen-bond donors (Lipinski definition) is 0. The number of carbonyl (C=O) groups is 1. The topological polar surface area (TPSA) is 83.5 Å². The lowest BCUT2D eigenvalue weighted by Gasteiger charge is -2.20. The summed E-state index contributed by atoms with van der Waals surface area (Å²) in [5, 5.41) is 0.416. The molecule has 0 saturated heterocycles. The van der Waals surface area contributed by atoms with E-state index in [-0.39, 0.29) is 29.2 Å². The predicted octanol–water partition coefficient (Wildman–Crippen LogP) is 4.46. The third-order valence-electron chi connectivity index (χ3n) is 5.72. The highest BCUT2D eigenvalue weighted by Crippen LogP contribution is 2.32. The molecule has 1 aliphatic rings. The molecule has 4 aromatic rings. The number of rotatable bonds is 7. The number of benzene rings is 2. The second-order valence-corrected chi connectivity index (χ2v) is 11.1. The van der Waals surface area contributed by atoms with E-state index in [1.54, 1.807) is 31.6 Å². The maximum absolute atomic E-state index is 13.7. The average molecular weight is 497 g/mol. The van der Waals surface area contributed by atoms with E-state index in [2.05, 4.69) is 9.97 Å².